The van der Waals surface area contributed by atoms with Crippen molar-refractivity contribution in [3.63, 3.8) is 0 Å². The lowest BCUT2D eigenvalue weighted by molar-refractivity contribution is 0.280. The number of hydrogen-bond donors (Lipinski definition) is 3. The van der Waals surface area contributed by atoms with Crippen LogP contribution < -0.4 is 9.47 Å². The van der Waals surface area contributed by atoms with Crippen molar-refractivity contribution in [1.82, 2.24) is 9.97 Å². The third kappa shape index (κ3) is 2.97. The van der Waals surface area contributed by atoms with Crippen LogP contribution in [0.5, 0.6) is 11.5 Å². The van der Waals surface area contributed by atoms with E-state index in [0.29, 0.717) is 6.42 Å². The van der Waals surface area contributed by atoms with E-state index in [9.17, 15) is 5.11 Å². The Labute approximate surface area is 190 Å². The van der Waals surface area contributed by atoms with Crippen molar-refractivity contribution >= 4 is 43.6 Å². The summed E-state index contributed by atoms with van der Waals surface area (Å²) in [6, 6.07) is 22.8. The Hall–Kier alpha value is -3.96. The van der Waals surface area contributed by atoms with Gasteiger partial charge >= 0.3 is 0 Å². The topological polar surface area (TPSA) is 70.3 Å². The summed E-state index contributed by atoms with van der Waals surface area (Å²) < 4.78 is 11.7. The highest BCUT2D eigenvalue weighted by atomic mass is 16.5. The molecule has 0 amide bonds. The number of nitrogens with one attached hydrogen (secondary N) is 2. The number of aliphatic hydroxyl groups is 1. The number of aliphatic hydroxyl groups excluding tert-OH is 1. The van der Waals surface area contributed by atoms with Crippen LogP contribution in [0.1, 0.15) is 16.7 Å². The van der Waals surface area contributed by atoms with Crippen LogP contribution in [-0.2, 0) is 13.0 Å². The molecule has 0 aliphatic heterocycles. The van der Waals surface area contributed by atoms with Gasteiger partial charge in [-0.25, -0.2) is 0 Å². The number of benzene rings is 4. The lowest BCUT2D eigenvalue weighted by Crippen LogP contribution is -2.01. The zero-order chi connectivity index (χ0) is 22.5. The van der Waals surface area contributed by atoms with Crippen molar-refractivity contribution in [2.45, 2.75) is 13.0 Å². The molecular weight excluding hydrogens is 412 g/mol. The summed E-state index contributed by atoms with van der Waals surface area (Å²) in [5.41, 5.74) is 6.99. The summed E-state index contributed by atoms with van der Waals surface area (Å²) in [7, 11) is 3.38. The van der Waals surface area contributed by atoms with Crippen molar-refractivity contribution in [3.8, 4) is 11.5 Å². The lowest BCUT2D eigenvalue weighted by Gasteiger charge is -2.15. The van der Waals surface area contributed by atoms with Crippen LogP contribution >= 0.6 is 0 Å². The molecule has 33 heavy (non-hydrogen) atoms. The number of para-hydroxylation sites is 2. The maximum absolute atomic E-state index is 10.3. The average molecular weight is 437 g/mol. The van der Waals surface area contributed by atoms with Crippen LogP contribution in [0, 0.1) is 0 Å². The molecule has 4 aromatic carbocycles. The minimum atomic E-state index is -0.0619. The number of ether oxygens (including phenoxy) is 2. The van der Waals surface area contributed by atoms with Crippen LogP contribution in [0.3, 0.4) is 0 Å². The van der Waals surface area contributed by atoms with Crippen molar-refractivity contribution in [1.29, 1.82) is 0 Å². The molecule has 164 valence electrons. The Kier molecular flexibility index (Phi) is 4.52. The third-order valence-electron chi connectivity index (χ3n) is 6.57. The number of H-pyrrole nitrogens is 2. The smallest absolute Gasteiger partial charge is 0.146 e. The predicted molar refractivity (Wildman–Crippen MR) is 133 cm³/mol. The zero-order valence-corrected chi connectivity index (χ0v) is 18.5. The molecule has 6 rings (SSSR count). The van der Waals surface area contributed by atoms with Gasteiger partial charge in [-0.3, -0.25) is 0 Å². The van der Waals surface area contributed by atoms with Crippen molar-refractivity contribution < 1.29 is 14.6 Å². The van der Waals surface area contributed by atoms with Crippen LogP contribution in [-0.4, -0.2) is 29.3 Å². The van der Waals surface area contributed by atoms with Gasteiger partial charge in [-0.2, -0.15) is 0 Å². The Morgan fingerprint density at radius 2 is 1.36 bits per heavy atom. The van der Waals surface area contributed by atoms with Crippen LogP contribution in [0.25, 0.3) is 43.6 Å². The SMILES string of the molecule is COc1cc(Cc2c(CO)cc3c([nH]c4ccccc43)c2OC)cc2c1[nH]c1ccccc12. The second-order valence-corrected chi connectivity index (χ2v) is 8.37. The van der Waals surface area contributed by atoms with E-state index < -0.39 is 0 Å². The summed E-state index contributed by atoms with van der Waals surface area (Å²) in [6.45, 7) is -0.0619. The van der Waals surface area contributed by atoms with E-state index in [-0.39, 0.29) is 6.61 Å². The fraction of sp³-hybridized carbons (Fsp3) is 0.143. The minimum Gasteiger partial charge on any atom is -0.495 e. The largest absolute Gasteiger partial charge is 0.495 e. The fourth-order valence-corrected chi connectivity index (χ4v) is 5.05. The quantitative estimate of drug-likeness (QED) is 0.308. The molecule has 2 aromatic heterocycles. The molecule has 6 aromatic rings. The standard InChI is InChI=1S/C28H24N2O3/c1-32-25-13-16(12-21-18-7-3-5-9-23(18)29-26(21)25)11-20-17(15-31)14-22-19-8-4-6-10-24(19)30-27(22)28(20)33-2/h3-10,12-14,29-31H,11,15H2,1-2H3. The second-order valence-electron chi connectivity index (χ2n) is 8.37. The van der Waals surface area contributed by atoms with E-state index in [4.69, 9.17) is 9.47 Å². The second kappa shape index (κ2) is 7.57. The van der Waals surface area contributed by atoms with Gasteiger partial charge in [-0.1, -0.05) is 36.4 Å². The van der Waals surface area contributed by atoms with E-state index in [1.165, 1.54) is 0 Å². The Bertz CT molecular complexity index is 1660. The highest BCUT2D eigenvalue weighted by molar-refractivity contribution is 6.11. The van der Waals surface area contributed by atoms with Gasteiger partial charge in [-0.15, -0.1) is 0 Å². The summed E-state index contributed by atoms with van der Waals surface area (Å²) >= 11 is 0. The van der Waals surface area contributed by atoms with Crippen molar-refractivity contribution in [3.05, 3.63) is 83.4 Å². The average Bonchev–Trinajstić information content (AvgIpc) is 3.41. The van der Waals surface area contributed by atoms with Gasteiger partial charge in [0.2, 0.25) is 0 Å². The fourth-order valence-electron chi connectivity index (χ4n) is 5.05. The Balaban J connectivity index is 1.58. The first kappa shape index (κ1) is 19.7. The molecule has 5 heteroatoms. The summed E-state index contributed by atoms with van der Waals surface area (Å²) in [5, 5.41) is 14.7. The first-order chi connectivity index (χ1) is 16.2. The van der Waals surface area contributed by atoms with Gasteiger partial charge in [0.1, 0.15) is 11.5 Å². The zero-order valence-electron chi connectivity index (χ0n) is 18.5. The number of hydrogen-bond acceptors (Lipinski definition) is 3. The van der Waals surface area contributed by atoms with Crippen LogP contribution in [0.15, 0.2) is 66.7 Å². The van der Waals surface area contributed by atoms with Crippen molar-refractivity contribution in [2.75, 3.05) is 14.2 Å². The van der Waals surface area contributed by atoms with Crippen LogP contribution in [0.4, 0.5) is 0 Å². The molecule has 0 spiro atoms. The maximum atomic E-state index is 10.3. The van der Waals surface area contributed by atoms with Gasteiger partial charge in [0.15, 0.2) is 0 Å². The molecule has 0 saturated heterocycles. The molecule has 0 saturated carbocycles. The third-order valence-corrected chi connectivity index (χ3v) is 6.57. The molecule has 3 N–H and O–H groups in total. The molecule has 0 bridgehead atoms. The van der Waals surface area contributed by atoms with E-state index in [0.717, 1.165) is 71.8 Å². The molecule has 0 aliphatic carbocycles. The molecular formula is C28H24N2O3. The predicted octanol–water partition coefficient (Wildman–Crippen LogP) is 6.06. The summed E-state index contributed by atoms with van der Waals surface area (Å²) in [6.07, 6.45) is 0.607. The Morgan fingerprint density at radius 1 is 0.727 bits per heavy atom. The molecule has 0 fully saturated rings. The first-order valence-electron chi connectivity index (χ1n) is 11.0. The Morgan fingerprint density at radius 3 is 2.00 bits per heavy atom. The molecule has 0 atom stereocenters. The van der Waals surface area contributed by atoms with Gasteiger partial charge < -0.3 is 24.5 Å². The van der Waals surface area contributed by atoms with Crippen molar-refractivity contribution in [2.24, 2.45) is 0 Å². The monoisotopic (exact) mass is 436 g/mol. The molecule has 0 radical (unpaired) electrons. The summed E-state index contributed by atoms with van der Waals surface area (Å²) in [5.74, 6) is 1.57. The molecule has 5 nitrogen and oxygen atoms in total. The number of methoxy groups -OCH3 is 2. The number of rotatable bonds is 5. The minimum absolute atomic E-state index is 0.0619. The van der Waals surface area contributed by atoms with Gasteiger partial charge in [0.05, 0.1) is 31.9 Å². The van der Waals surface area contributed by atoms with Gasteiger partial charge in [0, 0.05) is 44.6 Å². The lowest BCUT2D eigenvalue weighted by atomic mass is 9.95. The number of aromatic nitrogens is 2. The van der Waals surface area contributed by atoms with E-state index in [1.807, 2.05) is 24.3 Å². The molecule has 0 aliphatic rings. The number of aromatic amines is 2. The molecule has 0 unspecified atom stereocenters. The summed E-state index contributed by atoms with van der Waals surface area (Å²) in [4.78, 5) is 6.99. The first-order valence-corrected chi connectivity index (χ1v) is 11.0. The maximum Gasteiger partial charge on any atom is 0.146 e. The van der Waals surface area contributed by atoms with Gasteiger partial charge in [-0.05, 0) is 41.5 Å². The van der Waals surface area contributed by atoms with E-state index >= 15 is 0 Å². The van der Waals surface area contributed by atoms with E-state index in [1.54, 1.807) is 14.2 Å². The van der Waals surface area contributed by atoms with Crippen LogP contribution in [0.2, 0.25) is 0 Å². The van der Waals surface area contributed by atoms with E-state index in [2.05, 4.69) is 52.4 Å². The molecule has 2 heterocycles. The number of fused-ring (bicyclic) bond motifs is 6. The highest BCUT2D eigenvalue weighted by Crippen LogP contribution is 2.39. The highest BCUT2D eigenvalue weighted by Gasteiger charge is 2.19. The van der Waals surface area contributed by atoms with Gasteiger partial charge in [0.25, 0.3) is 0 Å². The normalized spacial score (nSPS) is 11.7.